The maximum atomic E-state index is 13.4. The first-order valence-electron chi connectivity index (χ1n) is 11.6. The topological polar surface area (TPSA) is 69.7 Å². The van der Waals surface area contributed by atoms with Crippen molar-refractivity contribution in [3.8, 4) is 0 Å². The zero-order chi connectivity index (χ0) is 22.0. The van der Waals surface area contributed by atoms with Gasteiger partial charge < -0.3 is 10.2 Å². The van der Waals surface area contributed by atoms with E-state index in [4.69, 9.17) is 0 Å². The third-order valence-corrected chi connectivity index (χ3v) is 7.40. The number of hydrogen-bond donors (Lipinski definition) is 1. The number of urea groups is 1. The summed E-state index contributed by atoms with van der Waals surface area (Å²) in [6.07, 6.45) is 8.57. The van der Waals surface area contributed by atoms with E-state index < -0.39 is 11.6 Å². The minimum atomic E-state index is -0.859. The number of imide groups is 1. The molecule has 2 atom stereocenters. The molecule has 1 aliphatic heterocycles. The van der Waals surface area contributed by atoms with Crippen LogP contribution in [-0.4, -0.2) is 45.8 Å². The average molecular weight is 430 g/mol. The minimum Gasteiger partial charge on any atom is -0.334 e. The molecular formula is C24H32FN3O3. The number of amides is 4. The fourth-order valence-electron chi connectivity index (χ4n) is 5.47. The molecule has 168 valence electrons. The Bertz CT molecular complexity index is 837. The fraction of sp³-hybridized carbons (Fsp3) is 0.625. The molecule has 2 aliphatic carbocycles. The van der Waals surface area contributed by atoms with Gasteiger partial charge in [-0.05, 0) is 49.3 Å². The average Bonchev–Trinajstić information content (AvgIpc) is 3.01. The first-order valence-corrected chi connectivity index (χ1v) is 11.6. The van der Waals surface area contributed by atoms with Gasteiger partial charge in [0.15, 0.2) is 0 Å². The summed E-state index contributed by atoms with van der Waals surface area (Å²) in [6.45, 7) is 2.12. The molecule has 1 N–H and O–H groups in total. The zero-order valence-corrected chi connectivity index (χ0v) is 18.2. The molecule has 0 radical (unpaired) electrons. The monoisotopic (exact) mass is 429 g/mol. The van der Waals surface area contributed by atoms with E-state index in [1.54, 1.807) is 17.0 Å². The van der Waals surface area contributed by atoms with E-state index in [2.05, 4.69) is 5.32 Å². The van der Waals surface area contributed by atoms with Crippen LogP contribution in [0.3, 0.4) is 0 Å². The molecule has 4 rings (SSSR count). The third-order valence-electron chi connectivity index (χ3n) is 7.40. The number of nitrogens with zero attached hydrogens (tertiary/aromatic N) is 2. The first kappa shape index (κ1) is 21.8. The molecule has 1 aromatic rings. The molecule has 7 heteroatoms. The second-order valence-corrected chi connectivity index (χ2v) is 9.38. The maximum Gasteiger partial charge on any atom is 0.325 e. The third kappa shape index (κ3) is 4.32. The first-order chi connectivity index (χ1) is 14.9. The molecule has 3 aliphatic rings. The smallest absolute Gasteiger partial charge is 0.325 e. The number of carbonyl (C=O) groups excluding carboxylic acids is 3. The van der Waals surface area contributed by atoms with Gasteiger partial charge >= 0.3 is 6.03 Å². The standard InChI is InChI=1S/C24H32FN3O3/c1-17-7-5-6-14-24(17)22(30)28(23(31)26-24)16-21(29)27(20-8-3-2-4-9-20)15-18-10-12-19(25)13-11-18/h10-13,17,20H,2-9,14-16H2,1H3,(H,26,31)/t17-,24-/m0/s1. The van der Waals surface area contributed by atoms with E-state index in [1.165, 1.54) is 12.1 Å². The Hall–Kier alpha value is -2.44. The Kier molecular flexibility index (Phi) is 6.30. The van der Waals surface area contributed by atoms with Gasteiger partial charge in [0.2, 0.25) is 5.91 Å². The lowest BCUT2D eigenvalue weighted by atomic mass is 9.73. The maximum absolute atomic E-state index is 13.4. The largest absolute Gasteiger partial charge is 0.334 e. The van der Waals surface area contributed by atoms with Gasteiger partial charge in [0.05, 0.1) is 0 Å². The lowest BCUT2D eigenvalue weighted by Gasteiger charge is -2.37. The van der Waals surface area contributed by atoms with Crippen LogP contribution in [0.25, 0.3) is 0 Å². The van der Waals surface area contributed by atoms with E-state index in [0.717, 1.165) is 61.8 Å². The van der Waals surface area contributed by atoms with Gasteiger partial charge in [0.1, 0.15) is 17.9 Å². The molecule has 6 nitrogen and oxygen atoms in total. The summed E-state index contributed by atoms with van der Waals surface area (Å²) in [5.41, 5.74) is -0.0164. The summed E-state index contributed by atoms with van der Waals surface area (Å²) in [5.74, 6) is -0.736. The summed E-state index contributed by atoms with van der Waals surface area (Å²) in [5, 5.41) is 2.92. The lowest BCUT2D eigenvalue weighted by Crippen LogP contribution is -2.54. The van der Waals surface area contributed by atoms with Crippen LogP contribution in [0.1, 0.15) is 70.3 Å². The molecular weight excluding hydrogens is 397 g/mol. The quantitative estimate of drug-likeness (QED) is 0.720. The number of hydrogen-bond acceptors (Lipinski definition) is 3. The van der Waals surface area contributed by atoms with E-state index in [-0.39, 0.29) is 36.1 Å². The van der Waals surface area contributed by atoms with Crippen LogP contribution in [0.15, 0.2) is 24.3 Å². The van der Waals surface area contributed by atoms with E-state index in [9.17, 15) is 18.8 Å². The number of carbonyl (C=O) groups is 3. The molecule has 2 saturated carbocycles. The molecule has 3 fully saturated rings. The van der Waals surface area contributed by atoms with E-state index in [1.807, 2.05) is 6.92 Å². The highest BCUT2D eigenvalue weighted by molar-refractivity contribution is 6.09. The van der Waals surface area contributed by atoms with Crippen LogP contribution >= 0.6 is 0 Å². The Balaban J connectivity index is 1.51. The van der Waals surface area contributed by atoms with Crippen molar-refractivity contribution in [2.75, 3.05) is 6.54 Å². The zero-order valence-electron chi connectivity index (χ0n) is 18.2. The van der Waals surface area contributed by atoms with E-state index >= 15 is 0 Å². The van der Waals surface area contributed by atoms with Crippen LogP contribution < -0.4 is 5.32 Å². The van der Waals surface area contributed by atoms with Crippen molar-refractivity contribution in [2.45, 2.75) is 82.8 Å². The van der Waals surface area contributed by atoms with Gasteiger partial charge in [-0.2, -0.15) is 0 Å². The van der Waals surface area contributed by atoms with Crippen molar-refractivity contribution >= 4 is 17.8 Å². The molecule has 1 aromatic carbocycles. The van der Waals surface area contributed by atoms with Gasteiger partial charge in [0.25, 0.3) is 5.91 Å². The van der Waals surface area contributed by atoms with Gasteiger partial charge in [-0.15, -0.1) is 0 Å². The Labute approximate surface area is 183 Å². The van der Waals surface area contributed by atoms with Gasteiger partial charge in [-0.1, -0.05) is 51.2 Å². The van der Waals surface area contributed by atoms with Crippen LogP contribution in [0.5, 0.6) is 0 Å². The Morgan fingerprint density at radius 1 is 1.10 bits per heavy atom. The number of benzene rings is 1. The number of halogens is 1. The van der Waals surface area contributed by atoms with Crippen LogP contribution in [-0.2, 0) is 16.1 Å². The molecule has 4 amide bonds. The highest BCUT2D eigenvalue weighted by atomic mass is 19.1. The van der Waals surface area contributed by atoms with Crippen molar-refractivity contribution in [3.05, 3.63) is 35.6 Å². The van der Waals surface area contributed by atoms with Crippen molar-refractivity contribution in [2.24, 2.45) is 5.92 Å². The second-order valence-electron chi connectivity index (χ2n) is 9.38. The number of rotatable bonds is 5. The van der Waals surface area contributed by atoms with Crippen LogP contribution in [0.4, 0.5) is 9.18 Å². The van der Waals surface area contributed by atoms with Gasteiger partial charge in [-0.25, -0.2) is 9.18 Å². The summed E-state index contributed by atoms with van der Waals surface area (Å²) in [6, 6.07) is 5.78. The SMILES string of the molecule is C[C@H]1CCCC[C@]12NC(=O)N(CC(=O)N(Cc1ccc(F)cc1)C1CCCCC1)C2=O. The molecule has 0 unspecified atom stereocenters. The number of nitrogens with one attached hydrogen (secondary N) is 1. The predicted octanol–water partition coefficient (Wildman–Crippen LogP) is 3.99. The highest BCUT2D eigenvalue weighted by Gasteiger charge is 2.55. The van der Waals surface area contributed by atoms with Crippen LogP contribution in [0.2, 0.25) is 0 Å². The molecule has 1 saturated heterocycles. The predicted molar refractivity (Wildman–Crippen MR) is 114 cm³/mol. The summed E-state index contributed by atoms with van der Waals surface area (Å²) in [4.78, 5) is 42.3. The molecule has 0 bridgehead atoms. The second kappa shape index (κ2) is 8.97. The molecule has 1 heterocycles. The summed E-state index contributed by atoms with van der Waals surface area (Å²) < 4.78 is 13.3. The summed E-state index contributed by atoms with van der Waals surface area (Å²) in [7, 11) is 0. The van der Waals surface area contributed by atoms with Crippen molar-refractivity contribution in [1.29, 1.82) is 0 Å². The Morgan fingerprint density at radius 3 is 2.45 bits per heavy atom. The van der Waals surface area contributed by atoms with Crippen molar-refractivity contribution in [1.82, 2.24) is 15.1 Å². The molecule has 1 spiro atoms. The highest BCUT2D eigenvalue weighted by Crippen LogP contribution is 2.38. The van der Waals surface area contributed by atoms with Gasteiger partial charge in [-0.3, -0.25) is 14.5 Å². The lowest BCUT2D eigenvalue weighted by molar-refractivity contribution is -0.142. The van der Waals surface area contributed by atoms with Crippen LogP contribution in [0, 0.1) is 11.7 Å². The fourth-order valence-corrected chi connectivity index (χ4v) is 5.47. The minimum absolute atomic E-state index is 0.0615. The summed E-state index contributed by atoms with van der Waals surface area (Å²) >= 11 is 0. The van der Waals surface area contributed by atoms with Crippen molar-refractivity contribution < 1.29 is 18.8 Å². The van der Waals surface area contributed by atoms with Gasteiger partial charge in [0, 0.05) is 12.6 Å². The van der Waals surface area contributed by atoms with Crippen molar-refractivity contribution in [3.63, 3.8) is 0 Å². The van der Waals surface area contributed by atoms with E-state index in [0.29, 0.717) is 13.0 Å². The normalized spacial score (nSPS) is 26.9. The Morgan fingerprint density at radius 2 is 1.77 bits per heavy atom. The molecule has 0 aromatic heterocycles. The molecule has 31 heavy (non-hydrogen) atoms.